The third-order valence-corrected chi connectivity index (χ3v) is 4.99. The summed E-state index contributed by atoms with van der Waals surface area (Å²) in [5.41, 5.74) is 1.84. The van der Waals surface area contributed by atoms with Gasteiger partial charge in [-0.15, -0.1) is 11.8 Å². The largest absolute Gasteiger partial charge is 0.389 e. The first-order valence-corrected chi connectivity index (χ1v) is 8.09. The summed E-state index contributed by atoms with van der Waals surface area (Å²) in [6, 6.07) is 12.7. The second-order valence-electron chi connectivity index (χ2n) is 4.54. The molecular formula is C15H14BrNO3S. The quantitative estimate of drug-likeness (QED) is 0.472. The normalized spacial score (nSPS) is 12.1. The summed E-state index contributed by atoms with van der Waals surface area (Å²) in [6.45, 7) is 1.72. The van der Waals surface area contributed by atoms with Crippen LogP contribution in [0.5, 0.6) is 0 Å². The number of halogens is 1. The average Bonchev–Trinajstić information content (AvgIpc) is 2.46. The van der Waals surface area contributed by atoms with E-state index < -0.39 is 11.0 Å². The number of hydrogen-bond acceptors (Lipinski definition) is 4. The molecule has 0 amide bonds. The molecule has 0 saturated carbocycles. The second-order valence-corrected chi connectivity index (χ2v) is 6.38. The Morgan fingerprint density at radius 1 is 1.29 bits per heavy atom. The summed E-state index contributed by atoms with van der Waals surface area (Å²) in [4.78, 5) is 11.6. The fourth-order valence-corrected chi connectivity index (χ4v) is 3.45. The van der Waals surface area contributed by atoms with Gasteiger partial charge in [-0.1, -0.05) is 24.3 Å². The van der Waals surface area contributed by atoms with E-state index in [-0.39, 0.29) is 5.69 Å². The minimum Gasteiger partial charge on any atom is -0.389 e. The molecule has 4 nitrogen and oxygen atoms in total. The van der Waals surface area contributed by atoms with Gasteiger partial charge in [-0.2, -0.15) is 0 Å². The van der Waals surface area contributed by atoms with Crippen LogP contribution in [0.3, 0.4) is 0 Å². The molecule has 0 heterocycles. The van der Waals surface area contributed by atoms with E-state index in [2.05, 4.69) is 15.9 Å². The minimum atomic E-state index is -0.477. The first kappa shape index (κ1) is 16.0. The van der Waals surface area contributed by atoms with Crippen molar-refractivity contribution in [1.82, 2.24) is 0 Å². The van der Waals surface area contributed by atoms with Gasteiger partial charge in [-0.3, -0.25) is 10.1 Å². The number of aliphatic hydroxyl groups is 1. The molecule has 6 heteroatoms. The highest BCUT2D eigenvalue weighted by molar-refractivity contribution is 9.10. The Morgan fingerprint density at radius 2 is 1.95 bits per heavy atom. The molecular weight excluding hydrogens is 354 g/mol. The van der Waals surface area contributed by atoms with Gasteiger partial charge in [0.2, 0.25) is 0 Å². The smallest absolute Gasteiger partial charge is 0.283 e. The monoisotopic (exact) mass is 367 g/mol. The van der Waals surface area contributed by atoms with Crippen LogP contribution in [-0.2, 0) is 5.75 Å². The van der Waals surface area contributed by atoms with Gasteiger partial charge >= 0.3 is 0 Å². The van der Waals surface area contributed by atoms with Crippen LogP contribution < -0.4 is 0 Å². The molecule has 0 spiro atoms. The summed E-state index contributed by atoms with van der Waals surface area (Å²) >= 11 is 4.89. The molecule has 2 aromatic rings. The SMILES string of the molecule is CC(O)c1ccc(SCc2cccc([N+](=O)[O-])c2Br)cc1. The first-order chi connectivity index (χ1) is 9.99. The third kappa shape index (κ3) is 4.06. The molecule has 0 aliphatic rings. The molecule has 0 radical (unpaired) electrons. The second kappa shape index (κ2) is 7.06. The average molecular weight is 368 g/mol. The molecule has 2 rings (SSSR count). The fraction of sp³-hybridized carbons (Fsp3) is 0.200. The number of nitro benzene ring substituents is 1. The number of nitro groups is 1. The van der Waals surface area contributed by atoms with E-state index in [4.69, 9.17) is 0 Å². The lowest BCUT2D eigenvalue weighted by atomic mass is 10.1. The van der Waals surface area contributed by atoms with E-state index >= 15 is 0 Å². The molecule has 1 atom stereocenters. The number of hydrogen-bond donors (Lipinski definition) is 1. The van der Waals surface area contributed by atoms with Gasteiger partial charge in [0.25, 0.3) is 5.69 Å². The predicted octanol–water partition coefficient (Wildman–Crippen LogP) is 4.70. The molecule has 0 fully saturated rings. The lowest BCUT2D eigenvalue weighted by Gasteiger charge is -2.07. The van der Waals surface area contributed by atoms with Crippen LogP contribution in [0.15, 0.2) is 51.8 Å². The zero-order valence-corrected chi connectivity index (χ0v) is 13.7. The van der Waals surface area contributed by atoms with E-state index in [1.54, 1.807) is 24.8 Å². The Morgan fingerprint density at radius 3 is 2.52 bits per heavy atom. The van der Waals surface area contributed by atoms with Crippen LogP contribution in [0.25, 0.3) is 0 Å². The van der Waals surface area contributed by atoms with Crippen molar-refractivity contribution in [1.29, 1.82) is 0 Å². The standard InChI is InChI=1S/C15H14BrNO3S/c1-10(18)11-5-7-13(8-6-11)21-9-12-3-2-4-14(15(12)16)17(19)20/h2-8,10,18H,9H2,1H3. The lowest BCUT2D eigenvalue weighted by Crippen LogP contribution is -1.93. The van der Waals surface area contributed by atoms with Crippen molar-refractivity contribution in [2.75, 3.05) is 0 Å². The van der Waals surface area contributed by atoms with Crippen LogP contribution in [-0.4, -0.2) is 10.0 Å². The molecule has 0 aromatic heterocycles. The van der Waals surface area contributed by atoms with Crippen LogP contribution in [0.1, 0.15) is 24.2 Å². The zero-order valence-electron chi connectivity index (χ0n) is 11.3. The van der Waals surface area contributed by atoms with Gasteiger partial charge < -0.3 is 5.11 Å². The summed E-state index contributed by atoms with van der Waals surface area (Å²) in [5, 5.41) is 20.4. The van der Waals surface area contributed by atoms with E-state index in [0.29, 0.717) is 10.2 Å². The molecule has 0 aliphatic carbocycles. The van der Waals surface area contributed by atoms with Crippen molar-refractivity contribution >= 4 is 33.4 Å². The summed E-state index contributed by atoms with van der Waals surface area (Å²) in [6.07, 6.45) is -0.477. The summed E-state index contributed by atoms with van der Waals surface area (Å²) in [5.74, 6) is 0.635. The molecule has 0 saturated heterocycles. The Balaban J connectivity index is 2.09. The molecule has 1 unspecified atom stereocenters. The van der Waals surface area contributed by atoms with Crippen LogP contribution in [0.2, 0.25) is 0 Å². The summed E-state index contributed by atoms with van der Waals surface area (Å²) in [7, 11) is 0. The topological polar surface area (TPSA) is 63.4 Å². The maximum absolute atomic E-state index is 10.9. The molecule has 2 aromatic carbocycles. The van der Waals surface area contributed by atoms with Gasteiger partial charge in [0, 0.05) is 16.7 Å². The van der Waals surface area contributed by atoms with Crippen molar-refractivity contribution in [2.24, 2.45) is 0 Å². The molecule has 0 bridgehead atoms. The first-order valence-electron chi connectivity index (χ1n) is 6.31. The van der Waals surface area contributed by atoms with Crippen molar-refractivity contribution in [2.45, 2.75) is 23.7 Å². The molecule has 1 N–H and O–H groups in total. The highest BCUT2D eigenvalue weighted by atomic mass is 79.9. The zero-order chi connectivity index (χ0) is 15.4. The van der Waals surface area contributed by atoms with Gasteiger partial charge in [-0.05, 0) is 46.1 Å². The summed E-state index contributed by atoms with van der Waals surface area (Å²) < 4.78 is 0.531. The Labute approximate surface area is 135 Å². The van der Waals surface area contributed by atoms with Crippen LogP contribution in [0, 0.1) is 10.1 Å². The van der Waals surface area contributed by atoms with Gasteiger partial charge in [0.1, 0.15) is 0 Å². The van der Waals surface area contributed by atoms with E-state index in [0.717, 1.165) is 16.0 Å². The van der Waals surface area contributed by atoms with Crippen LogP contribution in [0.4, 0.5) is 5.69 Å². The maximum Gasteiger partial charge on any atom is 0.283 e. The third-order valence-electron chi connectivity index (χ3n) is 3.01. The highest BCUT2D eigenvalue weighted by Crippen LogP contribution is 2.33. The molecule has 0 aliphatic heterocycles. The van der Waals surface area contributed by atoms with E-state index in [1.807, 2.05) is 30.3 Å². The van der Waals surface area contributed by atoms with Crippen molar-refractivity contribution in [3.05, 3.63) is 68.2 Å². The van der Waals surface area contributed by atoms with Gasteiger partial charge in [-0.25, -0.2) is 0 Å². The van der Waals surface area contributed by atoms with E-state index in [1.165, 1.54) is 6.07 Å². The number of nitrogens with zero attached hydrogens (tertiary/aromatic N) is 1. The van der Waals surface area contributed by atoms with Gasteiger partial charge in [0.05, 0.1) is 15.5 Å². The fourth-order valence-electron chi connectivity index (χ4n) is 1.82. The number of thioether (sulfide) groups is 1. The number of aliphatic hydroxyl groups excluding tert-OH is 1. The van der Waals surface area contributed by atoms with E-state index in [9.17, 15) is 15.2 Å². The minimum absolute atomic E-state index is 0.0811. The number of rotatable bonds is 5. The molecule has 110 valence electrons. The van der Waals surface area contributed by atoms with Crippen molar-refractivity contribution in [3.63, 3.8) is 0 Å². The Kier molecular flexibility index (Phi) is 5.39. The van der Waals surface area contributed by atoms with Crippen molar-refractivity contribution < 1.29 is 10.0 Å². The van der Waals surface area contributed by atoms with Gasteiger partial charge in [0.15, 0.2) is 0 Å². The lowest BCUT2D eigenvalue weighted by molar-refractivity contribution is -0.385. The highest BCUT2D eigenvalue weighted by Gasteiger charge is 2.14. The maximum atomic E-state index is 10.9. The Bertz CT molecular complexity index is 644. The van der Waals surface area contributed by atoms with Crippen LogP contribution >= 0.6 is 27.7 Å². The predicted molar refractivity (Wildman–Crippen MR) is 87.4 cm³/mol. The van der Waals surface area contributed by atoms with Crippen molar-refractivity contribution in [3.8, 4) is 0 Å². The molecule has 21 heavy (non-hydrogen) atoms. The number of benzene rings is 2. The Hall–Kier alpha value is -1.37.